The summed E-state index contributed by atoms with van der Waals surface area (Å²) in [5.41, 5.74) is 1.62. The molecule has 1 saturated heterocycles. The molecule has 3 rings (SSSR count). The van der Waals surface area contributed by atoms with E-state index in [4.69, 9.17) is 32.7 Å². The molecule has 3 atom stereocenters. The molecule has 0 saturated carbocycles. The van der Waals surface area contributed by atoms with Gasteiger partial charge in [0, 0.05) is 23.9 Å². The van der Waals surface area contributed by atoms with Crippen molar-refractivity contribution in [2.45, 2.75) is 31.8 Å². The highest BCUT2D eigenvalue weighted by Crippen LogP contribution is 2.32. The molecule has 1 aliphatic rings. The van der Waals surface area contributed by atoms with Gasteiger partial charge in [-0.1, -0.05) is 23.2 Å². The van der Waals surface area contributed by atoms with E-state index in [0.717, 1.165) is 36.4 Å². The van der Waals surface area contributed by atoms with Gasteiger partial charge in [0.1, 0.15) is 17.5 Å². The van der Waals surface area contributed by atoms with Crippen molar-refractivity contribution in [3.63, 3.8) is 0 Å². The molecule has 5 nitrogen and oxygen atoms in total. The first-order chi connectivity index (χ1) is 13.4. The molecule has 1 aliphatic heterocycles. The van der Waals surface area contributed by atoms with Crippen molar-refractivity contribution in [1.82, 2.24) is 0 Å². The number of anilines is 1. The van der Waals surface area contributed by atoms with E-state index in [1.807, 2.05) is 25.1 Å². The van der Waals surface area contributed by atoms with E-state index in [9.17, 15) is 4.79 Å². The summed E-state index contributed by atoms with van der Waals surface area (Å²) < 4.78 is 10.9. The van der Waals surface area contributed by atoms with Gasteiger partial charge in [-0.2, -0.15) is 0 Å². The zero-order chi connectivity index (χ0) is 20.3. The number of methoxy groups -OCH3 is 2. The number of quaternary nitrogens is 1. The highest BCUT2D eigenvalue weighted by atomic mass is 35.5. The molecule has 0 aromatic heterocycles. The number of amides is 1. The molecule has 0 aliphatic carbocycles. The molecule has 1 heterocycles. The number of halogens is 2. The lowest BCUT2D eigenvalue weighted by Crippen LogP contribution is -3.15. The molecule has 1 amide bonds. The Labute approximate surface area is 175 Å². The Morgan fingerprint density at radius 3 is 2.68 bits per heavy atom. The van der Waals surface area contributed by atoms with Gasteiger partial charge < -0.3 is 19.7 Å². The summed E-state index contributed by atoms with van der Waals surface area (Å²) in [6.45, 7) is 2.86. The van der Waals surface area contributed by atoms with E-state index in [0.29, 0.717) is 15.7 Å². The molecule has 2 N–H and O–H groups in total. The molecule has 2 aromatic rings. The van der Waals surface area contributed by atoms with E-state index in [1.54, 1.807) is 32.4 Å². The van der Waals surface area contributed by atoms with Gasteiger partial charge in [0.15, 0.2) is 6.04 Å². The topological polar surface area (TPSA) is 52.0 Å². The SMILES string of the molecule is COc1ccc([C@H]2CCC[NH+]2[C@@H](C)C(=O)Nc2cc(Cl)ccc2Cl)c(OC)c1. The Bertz CT molecular complexity index is 860. The first-order valence-corrected chi connectivity index (χ1v) is 10.0. The fourth-order valence-corrected chi connectivity index (χ4v) is 4.19. The zero-order valence-corrected chi connectivity index (χ0v) is 17.7. The van der Waals surface area contributed by atoms with Crippen molar-refractivity contribution in [3.8, 4) is 11.5 Å². The van der Waals surface area contributed by atoms with Crippen LogP contribution in [0.5, 0.6) is 11.5 Å². The van der Waals surface area contributed by atoms with E-state index in [1.165, 1.54) is 4.90 Å². The number of hydrogen-bond donors (Lipinski definition) is 2. The Balaban J connectivity index is 1.80. The second-order valence-corrected chi connectivity index (χ2v) is 7.81. The second-order valence-electron chi connectivity index (χ2n) is 6.96. The minimum absolute atomic E-state index is 0.0847. The summed E-state index contributed by atoms with van der Waals surface area (Å²) in [5, 5.41) is 3.92. The van der Waals surface area contributed by atoms with Crippen molar-refractivity contribution in [1.29, 1.82) is 0 Å². The number of carbonyl (C=O) groups is 1. The van der Waals surface area contributed by atoms with Crippen LogP contribution in [0.2, 0.25) is 10.0 Å². The molecule has 28 heavy (non-hydrogen) atoms. The van der Waals surface area contributed by atoms with E-state index < -0.39 is 0 Å². The van der Waals surface area contributed by atoms with Crippen molar-refractivity contribution < 1.29 is 19.2 Å². The van der Waals surface area contributed by atoms with Crippen LogP contribution in [0.4, 0.5) is 5.69 Å². The Kier molecular flexibility index (Phi) is 6.70. The van der Waals surface area contributed by atoms with Crippen molar-refractivity contribution >= 4 is 34.8 Å². The van der Waals surface area contributed by atoms with E-state index >= 15 is 0 Å². The smallest absolute Gasteiger partial charge is 0.282 e. The summed E-state index contributed by atoms with van der Waals surface area (Å²) in [7, 11) is 3.29. The lowest BCUT2D eigenvalue weighted by atomic mass is 10.0. The summed E-state index contributed by atoms with van der Waals surface area (Å²) in [6.07, 6.45) is 2.04. The van der Waals surface area contributed by atoms with Crippen molar-refractivity contribution in [2.75, 3.05) is 26.1 Å². The highest BCUT2D eigenvalue weighted by Gasteiger charge is 2.38. The van der Waals surface area contributed by atoms with Gasteiger partial charge >= 0.3 is 0 Å². The number of rotatable bonds is 6. The second kappa shape index (κ2) is 9.03. The van der Waals surface area contributed by atoms with Gasteiger partial charge in [0.05, 0.1) is 37.0 Å². The van der Waals surface area contributed by atoms with Crippen LogP contribution in [0.25, 0.3) is 0 Å². The largest absolute Gasteiger partial charge is 0.497 e. The predicted octanol–water partition coefficient (Wildman–Crippen LogP) is 3.76. The first kappa shape index (κ1) is 20.8. The highest BCUT2D eigenvalue weighted by molar-refractivity contribution is 6.35. The molecule has 1 unspecified atom stereocenters. The molecular weight excluding hydrogens is 399 g/mol. The summed E-state index contributed by atoms with van der Waals surface area (Å²) in [5.74, 6) is 1.45. The maximum absolute atomic E-state index is 12.9. The number of carbonyl (C=O) groups excluding carboxylic acids is 1. The molecule has 1 fully saturated rings. The van der Waals surface area contributed by atoms with Crippen LogP contribution < -0.4 is 19.7 Å². The number of hydrogen-bond acceptors (Lipinski definition) is 3. The Morgan fingerprint density at radius 1 is 1.18 bits per heavy atom. The monoisotopic (exact) mass is 423 g/mol. The fourth-order valence-electron chi connectivity index (χ4n) is 3.85. The van der Waals surface area contributed by atoms with Crippen molar-refractivity contribution in [2.24, 2.45) is 0 Å². The number of likely N-dealkylation sites (tertiary alicyclic amines) is 1. The molecule has 0 bridgehead atoms. The Hall–Kier alpha value is -1.95. The minimum Gasteiger partial charge on any atom is -0.497 e. The van der Waals surface area contributed by atoms with Crippen LogP contribution >= 0.6 is 23.2 Å². The van der Waals surface area contributed by atoms with E-state index in [-0.39, 0.29) is 18.0 Å². The quantitative estimate of drug-likeness (QED) is 0.743. The summed E-state index contributed by atoms with van der Waals surface area (Å²) in [4.78, 5) is 14.1. The molecule has 0 radical (unpaired) electrons. The van der Waals surface area contributed by atoms with Gasteiger partial charge in [-0.05, 0) is 37.3 Å². The molecular formula is C21H25Cl2N2O3+. The molecule has 0 spiro atoms. The number of nitrogens with one attached hydrogen (secondary N) is 2. The van der Waals surface area contributed by atoms with Gasteiger partial charge in [-0.15, -0.1) is 0 Å². The van der Waals surface area contributed by atoms with Crippen LogP contribution in [-0.4, -0.2) is 32.7 Å². The van der Waals surface area contributed by atoms with Gasteiger partial charge in [-0.25, -0.2) is 0 Å². The third-order valence-electron chi connectivity index (χ3n) is 5.36. The van der Waals surface area contributed by atoms with Crippen LogP contribution in [0.3, 0.4) is 0 Å². The lowest BCUT2D eigenvalue weighted by Gasteiger charge is -2.28. The van der Waals surface area contributed by atoms with Crippen LogP contribution in [0.1, 0.15) is 31.4 Å². The zero-order valence-electron chi connectivity index (χ0n) is 16.2. The average Bonchev–Trinajstić information content (AvgIpc) is 3.19. The lowest BCUT2D eigenvalue weighted by molar-refractivity contribution is -0.932. The van der Waals surface area contributed by atoms with Crippen LogP contribution in [-0.2, 0) is 4.79 Å². The van der Waals surface area contributed by atoms with Gasteiger partial charge in [0.25, 0.3) is 5.91 Å². The molecule has 2 aromatic carbocycles. The van der Waals surface area contributed by atoms with Gasteiger partial charge in [0.2, 0.25) is 0 Å². The number of benzene rings is 2. The minimum atomic E-state index is -0.255. The maximum atomic E-state index is 12.9. The van der Waals surface area contributed by atoms with Crippen molar-refractivity contribution in [3.05, 3.63) is 52.0 Å². The van der Waals surface area contributed by atoms with E-state index in [2.05, 4.69) is 5.32 Å². The first-order valence-electron chi connectivity index (χ1n) is 9.28. The molecule has 7 heteroatoms. The maximum Gasteiger partial charge on any atom is 0.282 e. The van der Waals surface area contributed by atoms with Gasteiger partial charge in [-0.3, -0.25) is 4.79 Å². The van der Waals surface area contributed by atoms with Crippen LogP contribution in [0.15, 0.2) is 36.4 Å². The fraction of sp³-hybridized carbons (Fsp3) is 0.381. The summed E-state index contributed by atoms with van der Waals surface area (Å²) in [6, 6.07) is 10.8. The molecule has 150 valence electrons. The summed E-state index contributed by atoms with van der Waals surface area (Å²) >= 11 is 12.2. The third-order valence-corrected chi connectivity index (χ3v) is 5.92. The average molecular weight is 424 g/mol. The normalized spacial score (nSPS) is 19.9. The number of ether oxygens (including phenoxy) is 2. The van der Waals surface area contributed by atoms with Crippen LogP contribution in [0, 0.1) is 0 Å². The predicted molar refractivity (Wildman–Crippen MR) is 112 cm³/mol. The standard InChI is InChI=1S/C21H24Cl2N2O3/c1-13(21(26)24-18-11-14(22)6-9-17(18)23)25-10-4-5-19(25)16-8-7-15(27-2)12-20(16)28-3/h6-9,11-13,19H,4-5,10H2,1-3H3,(H,24,26)/p+1/t13-,19+/m0/s1. The third kappa shape index (κ3) is 4.37. The Morgan fingerprint density at radius 2 is 1.96 bits per heavy atom.